The van der Waals surface area contributed by atoms with E-state index in [2.05, 4.69) is 5.73 Å². The van der Waals surface area contributed by atoms with Gasteiger partial charge in [0, 0.05) is 0 Å². The number of thiocyanates is 1. The van der Waals surface area contributed by atoms with Crippen LogP contribution in [0.15, 0.2) is 0 Å². The number of carbonyl (C=O) groups is 1. The number of carbonyl (C=O) groups excluding carboxylic acids is 1. The van der Waals surface area contributed by atoms with Crippen molar-refractivity contribution in [2.45, 2.75) is 0 Å². The van der Waals surface area contributed by atoms with Crippen LogP contribution in [0.1, 0.15) is 0 Å². The monoisotopic (exact) mass is 116 g/mol. The molecule has 0 saturated carbocycles. The molecule has 0 aliphatic rings. The first-order valence-corrected chi connectivity index (χ1v) is 2.55. The van der Waals surface area contributed by atoms with Gasteiger partial charge in [0.05, 0.1) is 5.75 Å². The second-order valence-electron chi connectivity index (χ2n) is 0.846. The summed E-state index contributed by atoms with van der Waals surface area (Å²) < 4.78 is 0. The second-order valence-corrected chi connectivity index (χ2v) is 1.61. The number of amides is 1. The molecule has 0 fully saturated rings. The van der Waals surface area contributed by atoms with Crippen molar-refractivity contribution >= 4 is 17.7 Å². The van der Waals surface area contributed by atoms with Gasteiger partial charge in [-0.05, 0) is 11.8 Å². The van der Waals surface area contributed by atoms with Crippen molar-refractivity contribution in [1.82, 2.24) is 0 Å². The predicted molar refractivity (Wildman–Crippen MR) is 27.3 cm³/mol. The lowest BCUT2D eigenvalue weighted by Crippen LogP contribution is -2.12. The van der Waals surface area contributed by atoms with Gasteiger partial charge < -0.3 is 5.73 Å². The number of primary amides is 1. The highest BCUT2D eigenvalue weighted by Gasteiger charge is 1.89. The number of nitrogens with two attached hydrogens (primary N) is 1. The van der Waals surface area contributed by atoms with E-state index in [1.807, 2.05) is 0 Å². The summed E-state index contributed by atoms with van der Waals surface area (Å²) in [6.45, 7) is 0. The molecule has 0 saturated heterocycles. The number of hydrogen-bond acceptors (Lipinski definition) is 3. The lowest BCUT2D eigenvalue weighted by Gasteiger charge is -1.79. The Hall–Kier alpha value is -0.690. The first-order chi connectivity index (χ1) is 3.27. The van der Waals surface area contributed by atoms with Crippen LogP contribution in [0.25, 0.3) is 0 Å². The van der Waals surface area contributed by atoms with E-state index in [4.69, 9.17) is 5.26 Å². The van der Waals surface area contributed by atoms with Crippen LogP contribution in [0.4, 0.5) is 0 Å². The first-order valence-electron chi connectivity index (χ1n) is 1.56. The van der Waals surface area contributed by atoms with Crippen molar-refractivity contribution in [3.05, 3.63) is 0 Å². The Morgan fingerprint density at radius 1 is 2.00 bits per heavy atom. The molecule has 0 heterocycles. The zero-order valence-electron chi connectivity index (χ0n) is 3.55. The van der Waals surface area contributed by atoms with E-state index < -0.39 is 5.91 Å². The zero-order valence-corrected chi connectivity index (χ0v) is 4.36. The highest BCUT2D eigenvalue weighted by Crippen LogP contribution is 1.91. The molecule has 0 aromatic rings. The summed E-state index contributed by atoms with van der Waals surface area (Å²) >= 11 is 0.847. The van der Waals surface area contributed by atoms with E-state index in [0.29, 0.717) is 0 Å². The topological polar surface area (TPSA) is 66.9 Å². The standard InChI is InChI=1S/C3H4N2OS/c4-2-7-1-3(5)6/h1H2,(H2,5,6). The highest BCUT2D eigenvalue weighted by molar-refractivity contribution is 8.04. The fraction of sp³-hybridized carbons (Fsp3) is 0.333. The summed E-state index contributed by atoms with van der Waals surface area (Å²) in [5.74, 6) is -0.359. The molecule has 0 bridgehead atoms. The average Bonchev–Trinajstić information content (AvgIpc) is 1.61. The van der Waals surface area contributed by atoms with Crippen molar-refractivity contribution in [1.29, 1.82) is 5.26 Å². The summed E-state index contributed by atoms with van der Waals surface area (Å²) in [7, 11) is 0. The summed E-state index contributed by atoms with van der Waals surface area (Å²) in [6, 6.07) is 0. The molecular weight excluding hydrogens is 112 g/mol. The molecule has 0 aromatic heterocycles. The Morgan fingerprint density at radius 2 is 2.57 bits per heavy atom. The number of rotatable bonds is 2. The van der Waals surface area contributed by atoms with Gasteiger partial charge in [0.25, 0.3) is 0 Å². The van der Waals surface area contributed by atoms with E-state index in [1.54, 1.807) is 5.40 Å². The van der Waals surface area contributed by atoms with Crippen LogP contribution in [0.5, 0.6) is 0 Å². The van der Waals surface area contributed by atoms with E-state index in [0.717, 1.165) is 11.8 Å². The van der Waals surface area contributed by atoms with Crippen molar-refractivity contribution in [3.8, 4) is 5.40 Å². The summed E-state index contributed by atoms with van der Waals surface area (Å²) in [5, 5.41) is 9.54. The SMILES string of the molecule is N#CSCC(N)=O. The molecule has 0 rings (SSSR count). The van der Waals surface area contributed by atoms with Crippen molar-refractivity contribution in [2.75, 3.05) is 5.75 Å². The molecular formula is C3H4N2OS. The largest absolute Gasteiger partial charge is 0.369 e. The van der Waals surface area contributed by atoms with Crippen LogP contribution in [0, 0.1) is 10.7 Å². The Bertz CT molecular complexity index is 106. The van der Waals surface area contributed by atoms with Crippen LogP contribution in [-0.4, -0.2) is 11.7 Å². The number of hydrogen-bond donors (Lipinski definition) is 1. The van der Waals surface area contributed by atoms with Crippen molar-refractivity contribution in [2.24, 2.45) is 5.73 Å². The van der Waals surface area contributed by atoms with E-state index in [-0.39, 0.29) is 5.75 Å². The molecule has 1 amide bonds. The van der Waals surface area contributed by atoms with Gasteiger partial charge in [0.15, 0.2) is 0 Å². The van der Waals surface area contributed by atoms with Crippen LogP contribution < -0.4 is 5.73 Å². The summed E-state index contributed by atoms with van der Waals surface area (Å²) in [5.41, 5.74) is 4.67. The number of thioether (sulfide) groups is 1. The minimum Gasteiger partial charge on any atom is -0.369 e. The average molecular weight is 116 g/mol. The molecule has 0 aliphatic heterocycles. The summed E-state index contributed by atoms with van der Waals surface area (Å²) in [6.07, 6.45) is 0. The normalized spacial score (nSPS) is 7.29. The molecule has 0 unspecified atom stereocenters. The van der Waals surface area contributed by atoms with Gasteiger partial charge >= 0.3 is 0 Å². The lowest BCUT2D eigenvalue weighted by molar-refractivity contribution is -0.115. The quantitative estimate of drug-likeness (QED) is 0.503. The van der Waals surface area contributed by atoms with Gasteiger partial charge in [0.2, 0.25) is 5.91 Å². The van der Waals surface area contributed by atoms with E-state index in [9.17, 15) is 4.79 Å². The molecule has 0 radical (unpaired) electrons. The maximum Gasteiger partial charge on any atom is 0.228 e. The third-order valence-corrected chi connectivity index (χ3v) is 0.837. The zero-order chi connectivity index (χ0) is 5.70. The Balaban J connectivity index is 3.02. The van der Waals surface area contributed by atoms with Gasteiger partial charge in [-0.2, -0.15) is 5.26 Å². The van der Waals surface area contributed by atoms with Gasteiger partial charge in [-0.25, -0.2) is 0 Å². The van der Waals surface area contributed by atoms with Crippen LogP contribution >= 0.6 is 11.8 Å². The fourth-order valence-corrected chi connectivity index (χ4v) is 0.310. The first kappa shape index (κ1) is 6.31. The second kappa shape index (κ2) is 3.50. The Labute approximate surface area is 45.5 Å². The number of nitriles is 1. The fourth-order valence-electron chi connectivity index (χ4n) is 0.103. The summed E-state index contributed by atoms with van der Waals surface area (Å²) in [4.78, 5) is 9.81. The minimum atomic E-state index is -0.452. The molecule has 4 heteroatoms. The third-order valence-electron chi connectivity index (χ3n) is 0.279. The van der Waals surface area contributed by atoms with Crippen LogP contribution in [-0.2, 0) is 4.79 Å². The van der Waals surface area contributed by atoms with E-state index in [1.165, 1.54) is 0 Å². The van der Waals surface area contributed by atoms with E-state index >= 15 is 0 Å². The van der Waals surface area contributed by atoms with Crippen LogP contribution in [0.3, 0.4) is 0 Å². The van der Waals surface area contributed by atoms with Crippen LogP contribution in [0.2, 0.25) is 0 Å². The van der Waals surface area contributed by atoms with Crippen molar-refractivity contribution in [3.63, 3.8) is 0 Å². The highest BCUT2D eigenvalue weighted by atomic mass is 32.2. The van der Waals surface area contributed by atoms with Gasteiger partial charge in [0.1, 0.15) is 5.40 Å². The molecule has 0 spiro atoms. The Kier molecular flexibility index (Phi) is 3.15. The molecule has 7 heavy (non-hydrogen) atoms. The molecule has 3 nitrogen and oxygen atoms in total. The predicted octanol–water partition coefficient (Wildman–Crippen LogP) is -0.314. The minimum absolute atomic E-state index is 0.0938. The maximum absolute atomic E-state index is 9.81. The third kappa shape index (κ3) is 5.31. The van der Waals surface area contributed by atoms with Crippen molar-refractivity contribution < 1.29 is 4.79 Å². The van der Waals surface area contributed by atoms with Gasteiger partial charge in [-0.1, -0.05) is 0 Å². The number of nitrogens with zero attached hydrogens (tertiary/aromatic N) is 1. The molecule has 38 valence electrons. The smallest absolute Gasteiger partial charge is 0.228 e. The van der Waals surface area contributed by atoms with Gasteiger partial charge in [-0.15, -0.1) is 0 Å². The lowest BCUT2D eigenvalue weighted by atomic mass is 10.8. The maximum atomic E-state index is 9.81. The Morgan fingerprint density at radius 3 is 2.71 bits per heavy atom. The molecule has 0 atom stereocenters. The molecule has 0 aromatic carbocycles. The van der Waals surface area contributed by atoms with Gasteiger partial charge in [-0.3, -0.25) is 4.79 Å². The molecule has 2 N–H and O–H groups in total. The molecule has 0 aliphatic carbocycles.